The lowest BCUT2D eigenvalue weighted by Gasteiger charge is -2.26. The number of aromatic nitrogens is 1. The number of halogens is 1. The van der Waals surface area contributed by atoms with Crippen LogP contribution in [0.3, 0.4) is 0 Å². The molecule has 1 heterocycles. The van der Waals surface area contributed by atoms with E-state index in [1.165, 1.54) is 37.8 Å². The van der Waals surface area contributed by atoms with Crippen molar-refractivity contribution in [2.24, 2.45) is 17.8 Å². The molecule has 2 nitrogen and oxygen atoms in total. The van der Waals surface area contributed by atoms with Crippen LogP contribution in [0.1, 0.15) is 37.8 Å². The number of nitrogens with zero attached hydrogens (tertiary/aromatic N) is 1. The third-order valence-electron chi connectivity index (χ3n) is 5.12. The summed E-state index contributed by atoms with van der Waals surface area (Å²) in [5.41, 5.74) is 1.20. The first kappa shape index (κ1) is 13.6. The second-order valence-corrected chi connectivity index (χ2v) is 7.24. The Balaban J connectivity index is 1.57. The fourth-order valence-electron chi connectivity index (χ4n) is 4.11. The molecule has 104 valence electrons. The van der Waals surface area contributed by atoms with Crippen LogP contribution >= 0.6 is 15.9 Å². The van der Waals surface area contributed by atoms with Crippen LogP contribution in [0.4, 0.5) is 0 Å². The van der Waals surface area contributed by atoms with Crippen LogP contribution in [0.25, 0.3) is 0 Å². The van der Waals surface area contributed by atoms with Gasteiger partial charge in [-0.3, -0.25) is 4.98 Å². The summed E-state index contributed by atoms with van der Waals surface area (Å²) >= 11 is 3.44. The van der Waals surface area contributed by atoms with Crippen LogP contribution in [0.5, 0.6) is 0 Å². The molecule has 2 fully saturated rings. The minimum Gasteiger partial charge on any atom is -0.317 e. The Bertz CT molecular complexity index is 417. The average Bonchev–Trinajstić information content (AvgIpc) is 3.03. The number of likely N-dealkylation sites (N-methyl/N-ethyl adjacent to an activating group) is 1. The van der Waals surface area contributed by atoms with Crippen LogP contribution in [0, 0.1) is 17.8 Å². The van der Waals surface area contributed by atoms with Crippen molar-refractivity contribution in [3.05, 3.63) is 28.5 Å². The number of rotatable bonds is 5. The molecule has 2 aliphatic carbocycles. The molecule has 4 atom stereocenters. The molecule has 2 bridgehead atoms. The largest absolute Gasteiger partial charge is 0.317 e. The fraction of sp³-hybridized carbons (Fsp3) is 0.688. The van der Waals surface area contributed by atoms with Gasteiger partial charge in [0.15, 0.2) is 0 Å². The summed E-state index contributed by atoms with van der Waals surface area (Å²) in [6.07, 6.45) is 10.3. The van der Waals surface area contributed by atoms with Gasteiger partial charge in [-0.25, -0.2) is 0 Å². The van der Waals surface area contributed by atoms with E-state index < -0.39 is 0 Å². The van der Waals surface area contributed by atoms with Crippen molar-refractivity contribution in [1.82, 2.24) is 10.3 Å². The predicted molar refractivity (Wildman–Crippen MR) is 82.0 cm³/mol. The lowest BCUT2D eigenvalue weighted by atomic mass is 9.83. The molecule has 0 aliphatic heterocycles. The highest BCUT2D eigenvalue weighted by Crippen LogP contribution is 2.49. The Hall–Kier alpha value is -0.410. The van der Waals surface area contributed by atoms with Gasteiger partial charge in [0.05, 0.1) is 0 Å². The minimum atomic E-state index is 0.582. The number of hydrogen-bond donors (Lipinski definition) is 1. The summed E-state index contributed by atoms with van der Waals surface area (Å²) in [6, 6.07) is 4.81. The molecule has 2 aliphatic rings. The number of pyridine rings is 1. The number of hydrogen-bond acceptors (Lipinski definition) is 2. The van der Waals surface area contributed by atoms with Crippen molar-refractivity contribution in [2.45, 2.75) is 44.6 Å². The molecule has 0 amide bonds. The third kappa shape index (κ3) is 3.19. The third-order valence-corrected chi connectivity index (χ3v) is 5.59. The fourth-order valence-corrected chi connectivity index (χ4v) is 4.35. The normalized spacial score (nSPS) is 30.7. The zero-order valence-corrected chi connectivity index (χ0v) is 13.2. The molecule has 1 aromatic heterocycles. The molecule has 19 heavy (non-hydrogen) atoms. The van der Waals surface area contributed by atoms with E-state index in [2.05, 4.69) is 45.4 Å². The first-order valence-corrected chi connectivity index (χ1v) is 8.31. The van der Waals surface area contributed by atoms with Crippen LogP contribution < -0.4 is 5.32 Å². The van der Waals surface area contributed by atoms with Gasteiger partial charge in [-0.1, -0.05) is 6.42 Å². The molecule has 0 saturated heterocycles. The molecular weight excluding hydrogens is 300 g/mol. The highest BCUT2D eigenvalue weighted by atomic mass is 79.9. The topological polar surface area (TPSA) is 24.9 Å². The van der Waals surface area contributed by atoms with Gasteiger partial charge in [-0.05, 0) is 78.5 Å². The van der Waals surface area contributed by atoms with E-state index in [1.54, 1.807) is 0 Å². The number of nitrogens with one attached hydrogen (secondary N) is 1. The smallest absolute Gasteiger partial charge is 0.0419 e. The summed E-state index contributed by atoms with van der Waals surface area (Å²) in [4.78, 5) is 4.50. The van der Waals surface area contributed by atoms with E-state index in [0.29, 0.717) is 6.04 Å². The van der Waals surface area contributed by atoms with Crippen LogP contribution in [0.2, 0.25) is 0 Å². The molecule has 4 unspecified atom stereocenters. The summed E-state index contributed by atoms with van der Waals surface area (Å²) in [6.45, 7) is 0. The Morgan fingerprint density at radius 2 is 2.26 bits per heavy atom. The zero-order chi connectivity index (χ0) is 13.2. The lowest BCUT2D eigenvalue weighted by Crippen LogP contribution is -2.31. The van der Waals surface area contributed by atoms with Gasteiger partial charge >= 0.3 is 0 Å². The molecule has 0 radical (unpaired) electrons. The molecule has 3 heteroatoms. The Morgan fingerprint density at radius 3 is 2.84 bits per heavy atom. The van der Waals surface area contributed by atoms with Crippen molar-refractivity contribution in [3.63, 3.8) is 0 Å². The van der Waals surface area contributed by atoms with Gasteiger partial charge in [0.1, 0.15) is 0 Å². The highest BCUT2D eigenvalue weighted by Gasteiger charge is 2.39. The first-order chi connectivity index (χ1) is 9.24. The van der Waals surface area contributed by atoms with Gasteiger partial charge in [-0.15, -0.1) is 0 Å². The highest BCUT2D eigenvalue weighted by molar-refractivity contribution is 9.10. The van der Waals surface area contributed by atoms with Gasteiger partial charge in [-0.2, -0.15) is 0 Å². The van der Waals surface area contributed by atoms with Crippen LogP contribution in [-0.4, -0.2) is 18.1 Å². The van der Waals surface area contributed by atoms with Crippen molar-refractivity contribution < 1.29 is 0 Å². The monoisotopic (exact) mass is 322 g/mol. The molecule has 2 saturated carbocycles. The van der Waals surface area contributed by atoms with Crippen molar-refractivity contribution in [3.8, 4) is 0 Å². The van der Waals surface area contributed by atoms with Crippen LogP contribution in [-0.2, 0) is 6.42 Å². The SMILES string of the molecule is CNC(Cc1ccc(Br)cn1)CC1CC2CCC1C2. The molecule has 1 aromatic rings. The van der Waals surface area contributed by atoms with Gasteiger partial charge in [0.2, 0.25) is 0 Å². The summed E-state index contributed by atoms with van der Waals surface area (Å²) in [5.74, 6) is 3.05. The zero-order valence-electron chi connectivity index (χ0n) is 11.6. The van der Waals surface area contributed by atoms with Gasteiger partial charge < -0.3 is 5.32 Å². The van der Waals surface area contributed by atoms with Gasteiger partial charge in [0, 0.05) is 28.8 Å². The minimum absolute atomic E-state index is 0.582. The Morgan fingerprint density at radius 1 is 1.37 bits per heavy atom. The maximum absolute atomic E-state index is 4.50. The van der Waals surface area contributed by atoms with E-state index in [1.807, 2.05) is 6.20 Å². The lowest BCUT2D eigenvalue weighted by molar-refractivity contribution is 0.281. The molecule has 3 rings (SSSR count). The second kappa shape index (κ2) is 5.92. The van der Waals surface area contributed by atoms with Crippen molar-refractivity contribution in [1.29, 1.82) is 0 Å². The quantitative estimate of drug-likeness (QED) is 0.891. The predicted octanol–water partition coefficient (Wildman–Crippen LogP) is 3.80. The molecular formula is C16H23BrN2. The Labute approximate surface area is 124 Å². The van der Waals surface area contributed by atoms with E-state index in [4.69, 9.17) is 0 Å². The number of fused-ring (bicyclic) bond motifs is 2. The summed E-state index contributed by atoms with van der Waals surface area (Å²) < 4.78 is 1.06. The average molecular weight is 323 g/mol. The van der Waals surface area contributed by atoms with E-state index >= 15 is 0 Å². The van der Waals surface area contributed by atoms with Crippen molar-refractivity contribution in [2.75, 3.05) is 7.05 Å². The van der Waals surface area contributed by atoms with Crippen molar-refractivity contribution >= 4 is 15.9 Å². The maximum atomic E-state index is 4.50. The standard InChI is InChI=1S/C16H23BrN2/c1-18-16(9-15-5-4-14(17)10-19-15)8-13-7-11-2-3-12(13)6-11/h4-5,10-13,16,18H,2-3,6-9H2,1H3. The molecule has 1 N–H and O–H groups in total. The van der Waals surface area contributed by atoms with Gasteiger partial charge in [0.25, 0.3) is 0 Å². The van der Waals surface area contributed by atoms with E-state index in [0.717, 1.165) is 28.6 Å². The van der Waals surface area contributed by atoms with E-state index in [-0.39, 0.29) is 0 Å². The van der Waals surface area contributed by atoms with Crippen LogP contribution in [0.15, 0.2) is 22.8 Å². The second-order valence-electron chi connectivity index (χ2n) is 6.33. The first-order valence-electron chi connectivity index (χ1n) is 7.52. The summed E-state index contributed by atoms with van der Waals surface area (Å²) in [5, 5.41) is 3.50. The maximum Gasteiger partial charge on any atom is 0.0419 e. The molecule has 0 aromatic carbocycles. The van der Waals surface area contributed by atoms with E-state index in [9.17, 15) is 0 Å². The molecule has 0 spiro atoms. The summed E-state index contributed by atoms with van der Waals surface area (Å²) in [7, 11) is 2.09. The Kier molecular flexibility index (Phi) is 4.23.